The Bertz CT molecular complexity index is 1070. The molecule has 7 heteroatoms. The van der Waals surface area contributed by atoms with Crippen LogP contribution in [0.3, 0.4) is 0 Å². The Hall–Kier alpha value is -3.87. The number of imide groups is 1. The highest BCUT2D eigenvalue weighted by Gasteiger charge is 2.22. The summed E-state index contributed by atoms with van der Waals surface area (Å²) >= 11 is 0. The SMILES string of the molecule is COc1ccc(C(=O)O[C@H](C)C(=O)NC(=O)NCc2ccccc2)c2ccccc12. The summed E-state index contributed by atoms with van der Waals surface area (Å²) in [5.74, 6) is -0.754. The Labute approximate surface area is 174 Å². The standard InChI is InChI=1S/C23H22N2O5/c1-15(21(26)25-23(28)24-14-16-8-4-3-5-9-16)30-22(27)19-12-13-20(29-2)18-11-7-6-10-17(18)19/h3-13,15H,14H2,1-2H3,(H2,24,25,26,28)/t15-/m1/s1. The maximum absolute atomic E-state index is 12.6. The van der Waals surface area contributed by atoms with Crippen molar-refractivity contribution < 1.29 is 23.9 Å². The minimum absolute atomic E-state index is 0.270. The number of hydrogen-bond acceptors (Lipinski definition) is 5. The number of hydrogen-bond donors (Lipinski definition) is 2. The van der Waals surface area contributed by atoms with E-state index in [2.05, 4.69) is 10.6 Å². The van der Waals surface area contributed by atoms with E-state index in [9.17, 15) is 14.4 Å². The second-order valence-corrected chi connectivity index (χ2v) is 6.57. The molecule has 0 saturated carbocycles. The zero-order valence-corrected chi connectivity index (χ0v) is 16.7. The molecule has 154 valence electrons. The molecule has 3 aromatic carbocycles. The Morgan fingerprint density at radius 1 is 0.900 bits per heavy atom. The van der Waals surface area contributed by atoms with Crippen LogP contribution in [0.1, 0.15) is 22.8 Å². The summed E-state index contributed by atoms with van der Waals surface area (Å²) in [7, 11) is 1.55. The first-order chi connectivity index (χ1) is 14.5. The van der Waals surface area contributed by atoms with Crippen LogP contribution in [0.5, 0.6) is 5.75 Å². The molecule has 0 saturated heterocycles. The van der Waals surface area contributed by atoms with Gasteiger partial charge in [0.05, 0.1) is 12.7 Å². The second-order valence-electron chi connectivity index (χ2n) is 6.57. The predicted octanol–water partition coefficient (Wildman–Crippen LogP) is 3.42. The first kappa shape index (κ1) is 20.9. The van der Waals surface area contributed by atoms with Crippen molar-refractivity contribution >= 4 is 28.7 Å². The monoisotopic (exact) mass is 406 g/mol. The van der Waals surface area contributed by atoms with Crippen LogP contribution >= 0.6 is 0 Å². The molecule has 0 aromatic heterocycles. The number of amides is 3. The fourth-order valence-electron chi connectivity index (χ4n) is 2.94. The molecule has 3 aromatic rings. The molecule has 0 fully saturated rings. The van der Waals surface area contributed by atoms with Crippen LogP contribution in [0, 0.1) is 0 Å². The van der Waals surface area contributed by atoms with Crippen LogP contribution in [0.15, 0.2) is 66.7 Å². The third-order valence-corrected chi connectivity index (χ3v) is 4.51. The molecule has 0 aliphatic carbocycles. The van der Waals surface area contributed by atoms with Crippen molar-refractivity contribution in [3.63, 3.8) is 0 Å². The molecule has 1 atom stereocenters. The van der Waals surface area contributed by atoms with Gasteiger partial charge in [-0.15, -0.1) is 0 Å². The van der Waals surface area contributed by atoms with E-state index in [4.69, 9.17) is 9.47 Å². The first-order valence-electron chi connectivity index (χ1n) is 9.39. The highest BCUT2D eigenvalue weighted by Crippen LogP contribution is 2.28. The van der Waals surface area contributed by atoms with Crippen LogP contribution < -0.4 is 15.4 Å². The molecule has 0 bridgehead atoms. The Balaban J connectivity index is 1.61. The zero-order valence-electron chi connectivity index (χ0n) is 16.7. The number of esters is 1. The van der Waals surface area contributed by atoms with Crippen molar-refractivity contribution in [1.29, 1.82) is 0 Å². The normalized spacial score (nSPS) is 11.4. The summed E-state index contributed by atoms with van der Waals surface area (Å²) in [4.78, 5) is 36.8. The molecular weight excluding hydrogens is 384 g/mol. The summed E-state index contributed by atoms with van der Waals surface area (Å²) in [5, 5.41) is 6.16. The highest BCUT2D eigenvalue weighted by molar-refractivity contribution is 6.07. The van der Waals surface area contributed by atoms with E-state index >= 15 is 0 Å². The quantitative estimate of drug-likeness (QED) is 0.612. The van der Waals surface area contributed by atoms with Gasteiger partial charge in [0, 0.05) is 11.9 Å². The van der Waals surface area contributed by atoms with Gasteiger partial charge in [0.1, 0.15) is 5.75 Å². The average Bonchev–Trinajstić information content (AvgIpc) is 2.77. The Kier molecular flexibility index (Phi) is 6.64. The molecule has 2 N–H and O–H groups in total. The van der Waals surface area contributed by atoms with E-state index in [1.54, 1.807) is 31.4 Å². The van der Waals surface area contributed by atoms with E-state index in [0.29, 0.717) is 16.7 Å². The molecule has 7 nitrogen and oxygen atoms in total. The van der Waals surface area contributed by atoms with Gasteiger partial charge in [0.15, 0.2) is 6.10 Å². The van der Waals surface area contributed by atoms with Crippen LogP contribution in [0.2, 0.25) is 0 Å². The number of urea groups is 1. The molecule has 0 spiro atoms. The third-order valence-electron chi connectivity index (χ3n) is 4.51. The lowest BCUT2D eigenvalue weighted by molar-refractivity contribution is -0.127. The number of benzene rings is 3. The zero-order chi connectivity index (χ0) is 21.5. The Morgan fingerprint density at radius 3 is 2.27 bits per heavy atom. The van der Waals surface area contributed by atoms with Crippen molar-refractivity contribution in [2.45, 2.75) is 19.6 Å². The number of carbonyl (C=O) groups excluding carboxylic acids is 3. The fourth-order valence-corrected chi connectivity index (χ4v) is 2.94. The molecule has 0 unspecified atom stereocenters. The molecule has 3 rings (SSSR count). The molecular formula is C23H22N2O5. The van der Waals surface area contributed by atoms with E-state index in [0.717, 1.165) is 10.9 Å². The van der Waals surface area contributed by atoms with Gasteiger partial charge in [-0.3, -0.25) is 10.1 Å². The lowest BCUT2D eigenvalue weighted by Gasteiger charge is -2.15. The summed E-state index contributed by atoms with van der Waals surface area (Å²) < 4.78 is 10.6. The van der Waals surface area contributed by atoms with Gasteiger partial charge in [-0.05, 0) is 30.0 Å². The van der Waals surface area contributed by atoms with Gasteiger partial charge < -0.3 is 14.8 Å². The smallest absolute Gasteiger partial charge is 0.339 e. The number of methoxy groups -OCH3 is 1. The van der Waals surface area contributed by atoms with Crippen LogP contribution in [-0.4, -0.2) is 31.1 Å². The second kappa shape index (κ2) is 9.56. The van der Waals surface area contributed by atoms with Crippen molar-refractivity contribution in [1.82, 2.24) is 10.6 Å². The predicted molar refractivity (Wildman–Crippen MR) is 112 cm³/mol. The van der Waals surface area contributed by atoms with Gasteiger partial charge in [-0.2, -0.15) is 0 Å². The molecule has 0 radical (unpaired) electrons. The topological polar surface area (TPSA) is 93.7 Å². The van der Waals surface area contributed by atoms with Crippen molar-refractivity contribution in [2.24, 2.45) is 0 Å². The average molecular weight is 406 g/mol. The number of ether oxygens (including phenoxy) is 2. The number of rotatable bonds is 6. The maximum atomic E-state index is 12.6. The van der Waals surface area contributed by atoms with Crippen molar-refractivity contribution in [3.8, 4) is 5.75 Å². The highest BCUT2D eigenvalue weighted by atomic mass is 16.5. The van der Waals surface area contributed by atoms with Gasteiger partial charge in [0.2, 0.25) is 0 Å². The van der Waals surface area contributed by atoms with E-state index in [-0.39, 0.29) is 6.54 Å². The Morgan fingerprint density at radius 2 is 1.57 bits per heavy atom. The van der Waals surface area contributed by atoms with Crippen LogP contribution in [0.25, 0.3) is 10.8 Å². The molecule has 0 aliphatic rings. The van der Waals surface area contributed by atoms with Crippen LogP contribution in [-0.2, 0) is 16.1 Å². The van der Waals surface area contributed by atoms with Gasteiger partial charge in [0.25, 0.3) is 5.91 Å². The lowest BCUT2D eigenvalue weighted by atomic mass is 10.0. The summed E-state index contributed by atoms with van der Waals surface area (Å²) in [5.41, 5.74) is 1.20. The van der Waals surface area contributed by atoms with E-state index in [1.165, 1.54) is 6.92 Å². The largest absolute Gasteiger partial charge is 0.496 e. The number of nitrogens with one attached hydrogen (secondary N) is 2. The van der Waals surface area contributed by atoms with E-state index < -0.39 is 24.0 Å². The maximum Gasteiger partial charge on any atom is 0.339 e. The minimum Gasteiger partial charge on any atom is -0.496 e. The van der Waals surface area contributed by atoms with Gasteiger partial charge >= 0.3 is 12.0 Å². The van der Waals surface area contributed by atoms with Crippen molar-refractivity contribution in [2.75, 3.05) is 7.11 Å². The molecule has 30 heavy (non-hydrogen) atoms. The fraction of sp³-hybridized carbons (Fsp3) is 0.174. The van der Waals surface area contributed by atoms with E-state index in [1.807, 2.05) is 42.5 Å². The minimum atomic E-state index is -1.15. The summed E-state index contributed by atoms with van der Waals surface area (Å²) in [6.45, 7) is 1.68. The van der Waals surface area contributed by atoms with Crippen LogP contribution in [0.4, 0.5) is 4.79 Å². The van der Waals surface area contributed by atoms with Gasteiger partial charge in [-0.25, -0.2) is 9.59 Å². The van der Waals surface area contributed by atoms with Crippen molar-refractivity contribution in [3.05, 3.63) is 77.9 Å². The number of fused-ring (bicyclic) bond motifs is 1. The molecule has 3 amide bonds. The van der Waals surface area contributed by atoms with Gasteiger partial charge in [-0.1, -0.05) is 54.6 Å². The molecule has 0 heterocycles. The lowest BCUT2D eigenvalue weighted by Crippen LogP contribution is -2.44. The summed E-state index contributed by atoms with van der Waals surface area (Å²) in [6, 6.07) is 19.1. The third kappa shape index (κ3) is 4.94. The first-order valence-corrected chi connectivity index (χ1v) is 9.39. The number of carbonyl (C=O) groups is 3. The molecule has 0 aliphatic heterocycles. The summed E-state index contributed by atoms with van der Waals surface area (Å²) in [6.07, 6.45) is -1.15.